The first kappa shape index (κ1) is 12.5. The zero-order chi connectivity index (χ0) is 13.8. The molecule has 1 aromatic carbocycles. The lowest BCUT2D eigenvalue weighted by Gasteiger charge is -2.06. The molecule has 3 rings (SSSR count). The Hall–Kier alpha value is -2.50. The van der Waals surface area contributed by atoms with E-state index in [0.29, 0.717) is 30.9 Å². The van der Waals surface area contributed by atoms with Gasteiger partial charge in [-0.2, -0.15) is 0 Å². The molecule has 0 aliphatic carbocycles. The number of carbonyl (C=O) groups excluding carboxylic acids is 1. The fraction of sp³-hybridized carbons (Fsp3) is 0.286. The second-order valence-electron chi connectivity index (χ2n) is 4.33. The number of fused-ring (bicyclic) bond motifs is 1. The van der Waals surface area contributed by atoms with Gasteiger partial charge in [0.2, 0.25) is 12.7 Å². The Bertz CT molecular complexity index is 595. The maximum absolute atomic E-state index is 11.7. The third-order valence-corrected chi connectivity index (χ3v) is 2.94. The molecule has 2 heterocycles. The summed E-state index contributed by atoms with van der Waals surface area (Å²) in [4.78, 5) is 15.5. The molecule has 1 aromatic heterocycles. The van der Waals surface area contributed by atoms with Crippen LogP contribution in [0.25, 0.3) is 0 Å². The number of imidazole rings is 1. The van der Waals surface area contributed by atoms with E-state index in [1.807, 2.05) is 12.1 Å². The molecule has 0 N–H and O–H groups in total. The first-order chi connectivity index (χ1) is 9.83. The van der Waals surface area contributed by atoms with Crippen LogP contribution in [-0.4, -0.2) is 28.9 Å². The van der Waals surface area contributed by atoms with Crippen molar-refractivity contribution in [2.45, 2.75) is 12.8 Å². The highest BCUT2D eigenvalue weighted by Gasteiger charge is 2.13. The molecule has 20 heavy (non-hydrogen) atoms. The van der Waals surface area contributed by atoms with Gasteiger partial charge in [0.15, 0.2) is 11.5 Å². The number of nitrogens with zero attached hydrogens (tertiary/aromatic N) is 2. The van der Waals surface area contributed by atoms with Gasteiger partial charge >= 0.3 is 0 Å². The minimum absolute atomic E-state index is 0.0109. The smallest absolute Gasteiger partial charge is 0.231 e. The van der Waals surface area contributed by atoms with Crippen molar-refractivity contribution in [3.63, 3.8) is 0 Å². The largest absolute Gasteiger partial charge is 0.493 e. The van der Waals surface area contributed by atoms with Crippen molar-refractivity contribution in [2.24, 2.45) is 0 Å². The van der Waals surface area contributed by atoms with Gasteiger partial charge in [0.05, 0.1) is 6.61 Å². The summed E-state index contributed by atoms with van der Waals surface area (Å²) >= 11 is 0. The van der Waals surface area contributed by atoms with E-state index in [2.05, 4.69) is 4.98 Å². The van der Waals surface area contributed by atoms with Crippen molar-refractivity contribution in [1.29, 1.82) is 0 Å². The number of hydrogen-bond acceptors (Lipinski definition) is 5. The predicted molar refractivity (Wildman–Crippen MR) is 70.1 cm³/mol. The van der Waals surface area contributed by atoms with Gasteiger partial charge in [-0.3, -0.25) is 9.36 Å². The van der Waals surface area contributed by atoms with Gasteiger partial charge in [0, 0.05) is 24.9 Å². The van der Waals surface area contributed by atoms with E-state index >= 15 is 0 Å². The van der Waals surface area contributed by atoms with Crippen molar-refractivity contribution < 1.29 is 19.0 Å². The lowest BCUT2D eigenvalue weighted by molar-refractivity contribution is 0.0893. The number of rotatable bonds is 5. The number of aromatic nitrogens is 2. The molecule has 0 fully saturated rings. The average molecular weight is 274 g/mol. The second-order valence-corrected chi connectivity index (χ2v) is 4.33. The van der Waals surface area contributed by atoms with Gasteiger partial charge in [0.25, 0.3) is 0 Å². The maximum atomic E-state index is 11.7. The SMILES string of the molecule is O=C(CCCOc1ccc2c(c1)OCO2)n1ccnc1. The van der Waals surface area contributed by atoms with Crippen LogP contribution in [0.3, 0.4) is 0 Å². The van der Waals surface area contributed by atoms with Crippen LogP contribution < -0.4 is 14.2 Å². The molecular formula is C14H14N2O4. The number of hydrogen-bond donors (Lipinski definition) is 0. The Labute approximate surface area is 115 Å². The van der Waals surface area contributed by atoms with Gasteiger partial charge in [-0.15, -0.1) is 0 Å². The molecule has 6 heteroatoms. The fourth-order valence-electron chi connectivity index (χ4n) is 1.92. The summed E-state index contributed by atoms with van der Waals surface area (Å²) in [5.41, 5.74) is 0. The first-order valence-electron chi connectivity index (χ1n) is 6.36. The summed E-state index contributed by atoms with van der Waals surface area (Å²) in [6.07, 6.45) is 5.79. The minimum atomic E-state index is 0.0109. The van der Waals surface area contributed by atoms with Crippen LogP contribution >= 0.6 is 0 Å². The molecule has 1 aliphatic rings. The molecule has 104 valence electrons. The molecule has 0 saturated heterocycles. The minimum Gasteiger partial charge on any atom is -0.493 e. The van der Waals surface area contributed by atoms with Gasteiger partial charge in [-0.25, -0.2) is 4.98 Å². The Morgan fingerprint density at radius 1 is 1.35 bits per heavy atom. The Balaban J connectivity index is 1.45. The van der Waals surface area contributed by atoms with Gasteiger partial charge in [-0.05, 0) is 18.6 Å². The van der Waals surface area contributed by atoms with Crippen molar-refractivity contribution in [1.82, 2.24) is 9.55 Å². The summed E-state index contributed by atoms with van der Waals surface area (Å²) in [5, 5.41) is 0. The third-order valence-electron chi connectivity index (χ3n) is 2.94. The van der Waals surface area contributed by atoms with Crippen LogP contribution in [0.1, 0.15) is 17.6 Å². The molecule has 0 amide bonds. The fourth-order valence-corrected chi connectivity index (χ4v) is 1.92. The maximum Gasteiger partial charge on any atom is 0.231 e. The van der Waals surface area contributed by atoms with E-state index in [-0.39, 0.29) is 12.7 Å². The van der Waals surface area contributed by atoms with E-state index in [4.69, 9.17) is 14.2 Å². The predicted octanol–water partition coefficient (Wildman–Crippen LogP) is 2.11. The molecule has 0 atom stereocenters. The monoisotopic (exact) mass is 274 g/mol. The van der Waals surface area contributed by atoms with E-state index in [9.17, 15) is 4.79 Å². The molecule has 0 saturated carbocycles. The van der Waals surface area contributed by atoms with Crippen molar-refractivity contribution >= 4 is 5.91 Å². The third kappa shape index (κ3) is 2.74. The topological polar surface area (TPSA) is 62.6 Å². The molecule has 0 spiro atoms. The number of benzene rings is 1. The zero-order valence-corrected chi connectivity index (χ0v) is 10.8. The molecule has 1 aliphatic heterocycles. The highest BCUT2D eigenvalue weighted by molar-refractivity contribution is 5.78. The summed E-state index contributed by atoms with van der Waals surface area (Å²) < 4.78 is 17.5. The Morgan fingerprint density at radius 2 is 2.25 bits per heavy atom. The Morgan fingerprint density at radius 3 is 3.10 bits per heavy atom. The summed E-state index contributed by atoms with van der Waals surface area (Å²) in [6.45, 7) is 0.721. The van der Waals surface area contributed by atoms with E-state index in [0.717, 1.165) is 5.75 Å². The van der Waals surface area contributed by atoms with Crippen LogP contribution in [0.2, 0.25) is 0 Å². The van der Waals surface area contributed by atoms with Crippen LogP contribution in [0.15, 0.2) is 36.9 Å². The van der Waals surface area contributed by atoms with Crippen LogP contribution in [0.5, 0.6) is 17.2 Å². The normalized spacial score (nSPS) is 12.4. The van der Waals surface area contributed by atoms with Crippen molar-refractivity contribution in [2.75, 3.05) is 13.4 Å². The number of ether oxygens (including phenoxy) is 3. The molecule has 0 bridgehead atoms. The van der Waals surface area contributed by atoms with Crippen molar-refractivity contribution in [3.05, 3.63) is 36.9 Å². The van der Waals surface area contributed by atoms with Gasteiger partial charge < -0.3 is 14.2 Å². The molecule has 6 nitrogen and oxygen atoms in total. The average Bonchev–Trinajstić information content (AvgIpc) is 3.13. The zero-order valence-electron chi connectivity index (χ0n) is 10.8. The van der Waals surface area contributed by atoms with Gasteiger partial charge in [0.1, 0.15) is 12.1 Å². The summed E-state index contributed by atoms with van der Waals surface area (Å²) in [7, 11) is 0. The molecular weight excluding hydrogens is 260 g/mol. The van der Waals surface area contributed by atoms with E-state index < -0.39 is 0 Å². The lowest BCUT2D eigenvalue weighted by Crippen LogP contribution is -2.10. The van der Waals surface area contributed by atoms with Crippen molar-refractivity contribution in [3.8, 4) is 17.2 Å². The van der Waals surface area contributed by atoms with E-state index in [1.165, 1.54) is 10.9 Å². The summed E-state index contributed by atoms with van der Waals surface area (Å²) in [6, 6.07) is 5.43. The number of carbonyl (C=O) groups is 1. The van der Waals surface area contributed by atoms with Crippen LogP contribution in [0.4, 0.5) is 0 Å². The molecule has 0 radical (unpaired) electrons. The highest BCUT2D eigenvalue weighted by Crippen LogP contribution is 2.35. The van der Waals surface area contributed by atoms with E-state index in [1.54, 1.807) is 18.5 Å². The summed E-state index contributed by atoms with van der Waals surface area (Å²) in [5.74, 6) is 2.14. The second kappa shape index (κ2) is 5.64. The van der Waals surface area contributed by atoms with Gasteiger partial charge in [-0.1, -0.05) is 0 Å². The van der Waals surface area contributed by atoms with Crippen LogP contribution in [-0.2, 0) is 0 Å². The van der Waals surface area contributed by atoms with Crippen LogP contribution in [0, 0.1) is 0 Å². The highest BCUT2D eigenvalue weighted by atomic mass is 16.7. The first-order valence-corrected chi connectivity index (χ1v) is 6.36. The quantitative estimate of drug-likeness (QED) is 0.781. The lowest BCUT2D eigenvalue weighted by atomic mass is 10.3. The molecule has 0 unspecified atom stereocenters. The standard InChI is InChI=1S/C14H14N2O4/c17-14(16-6-5-15-9-16)2-1-7-18-11-3-4-12-13(8-11)20-10-19-12/h3-6,8-9H,1-2,7,10H2. The Kier molecular flexibility index (Phi) is 3.54. The molecule has 2 aromatic rings.